The van der Waals surface area contributed by atoms with E-state index in [0.717, 1.165) is 28.7 Å². The monoisotopic (exact) mass is 335 g/mol. The minimum absolute atomic E-state index is 0.224. The van der Waals surface area contributed by atoms with E-state index in [1.165, 1.54) is 25.0 Å². The fourth-order valence-electron chi connectivity index (χ4n) is 3.93. The van der Waals surface area contributed by atoms with Gasteiger partial charge in [-0.05, 0) is 67.6 Å². The molecule has 1 aromatic heterocycles. The van der Waals surface area contributed by atoms with Crippen molar-refractivity contribution in [1.29, 1.82) is 0 Å². The van der Waals surface area contributed by atoms with Crippen LogP contribution in [0.3, 0.4) is 0 Å². The average molecular weight is 335 g/mol. The predicted octanol–water partition coefficient (Wildman–Crippen LogP) is 4.07. The molecule has 0 N–H and O–H groups in total. The van der Waals surface area contributed by atoms with Crippen molar-refractivity contribution in [2.75, 3.05) is 4.90 Å². The third-order valence-corrected chi connectivity index (χ3v) is 5.32. The molecular formula is C20H18FN3O. The van der Waals surface area contributed by atoms with Crippen LogP contribution in [-0.4, -0.2) is 21.7 Å². The number of benzene rings is 2. The Hall–Kier alpha value is -2.69. The summed E-state index contributed by atoms with van der Waals surface area (Å²) in [6.07, 6.45) is 5.89. The molecule has 1 amide bonds. The maximum absolute atomic E-state index is 13.1. The van der Waals surface area contributed by atoms with Crippen molar-refractivity contribution < 1.29 is 9.18 Å². The van der Waals surface area contributed by atoms with Crippen LogP contribution in [0.1, 0.15) is 25.7 Å². The SMILES string of the molecule is O=C1CCC(C2CC2)N1c1ccc2c(cnn2-c2ccc(F)cc2)c1. The lowest BCUT2D eigenvalue weighted by molar-refractivity contribution is -0.117. The van der Waals surface area contributed by atoms with E-state index in [9.17, 15) is 9.18 Å². The maximum atomic E-state index is 13.1. The molecule has 3 aromatic rings. The van der Waals surface area contributed by atoms with E-state index in [2.05, 4.69) is 5.10 Å². The summed E-state index contributed by atoms with van der Waals surface area (Å²) in [6.45, 7) is 0. The Morgan fingerprint density at radius 1 is 1.00 bits per heavy atom. The average Bonchev–Trinajstić information content (AvgIpc) is 3.27. The lowest BCUT2D eigenvalue weighted by atomic mass is 10.1. The number of carbonyl (C=O) groups excluding carboxylic acids is 1. The van der Waals surface area contributed by atoms with Gasteiger partial charge in [-0.1, -0.05) is 0 Å². The number of hydrogen-bond acceptors (Lipinski definition) is 2. The van der Waals surface area contributed by atoms with Crippen LogP contribution >= 0.6 is 0 Å². The molecule has 5 rings (SSSR count). The molecule has 126 valence electrons. The highest BCUT2D eigenvalue weighted by atomic mass is 19.1. The molecule has 4 nitrogen and oxygen atoms in total. The van der Waals surface area contributed by atoms with Crippen molar-refractivity contribution in [3.63, 3.8) is 0 Å². The number of halogens is 1. The smallest absolute Gasteiger partial charge is 0.227 e. The minimum Gasteiger partial charge on any atom is -0.309 e. The number of anilines is 1. The lowest BCUT2D eigenvalue weighted by Gasteiger charge is -2.25. The van der Waals surface area contributed by atoms with Crippen LogP contribution in [-0.2, 0) is 4.79 Å². The van der Waals surface area contributed by atoms with Gasteiger partial charge < -0.3 is 4.90 Å². The highest BCUT2D eigenvalue weighted by molar-refractivity contribution is 5.98. The van der Waals surface area contributed by atoms with E-state index in [4.69, 9.17) is 0 Å². The van der Waals surface area contributed by atoms with E-state index in [1.807, 2.05) is 23.1 Å². The zero-order valence-electron chi connectivity index (χ0n) is 13.7. The molecule has 1 saturated heterocycles. The van der Waals surface area contributed by atoms with Crippen LogP contribution in [0, 0.1) is 11.7 Å². The molecule has 2 fully saturated rings. The standard InChI is InChI=1S/C20H18FN3O/c21-15-3-5-16(6-4-15)24-19-8-7-17(11-14(19)12-22-24)23-18(13-1-2-13)9-10-20(23)25/h3-8,11-13,18H,1-2,9-10H2. The van der Waals surface area contributed by atoms with Crippen LogP contribution in [0.25, 0.3) is 16.6 Å². The van der Waals surface area contributed by atoms with Gasteiger partial charge >= 0.3 is 0 Å². The summed E-state index contributed by atoms with van der Waals surface area (Å²) in [4.78, 5) is 14.4. The van der Waals surface area contributed by atoms with Gasteiger partial charge in [0.25, 0.3) is 0 Å². The van der Waals surface area contributed by atoms with Crippen LogP contribution in [0.5, 0.6) is 0 Å². The summed E-state index contributed by atoms with van der Waals surface area (Å²) in [6, 6.07) is 12.7. The Kier molecular flexibility index (Phi) is 3.17. The normalized spacial score (nSPS) is 20.6. The fraction of sp³-hybridized carbons (Fsp3) is 0.300. The molecule has 1 aliphatic heterocycles. The maximum Gasteiger partial charge on any atom is 0.227 e. The summed E-state index contributed by atoms with van der Waals surface area (Å²) in [7, 11) is 0. The topological polar surface area (TPSA) is 38.1 Å². The summed E-state index contributed by atoms with van der Waals surface area (Å²) in [5.41, 5.74) is 2.73. The summed E-state index contributed by atoms with van der Waals surface area (Å²) >= 11 is 0. The highest BCUT2D eigenvalue weighted by Gasteiger charge is 2.42. The van der Waals surface area contributed by atoms with Gasteiger partial charge in [-0.2, -0.15) is 5.10 Å². The molecule has 0 spiro atoms. The van der Waals surface area contributed by atoms with Crippen molar-refractivity contribution in [3.05, 3.63) is 54.5 Å². The molecule has 2 aromatic carbocycles. The number of nitrogens with zero attached hydrogens (tertiary/aromatic N) is 3. The Morgan fingerprint density at radius 2 is 1.76 bits per heavy atom. The van der Waals surface area contributed by atoms with E-state index in [0.29, 0.717) is 18.4 Å². The van der Waals surface area contributed by atoms with Crippen LogP contribution < -0.4 is 4.90 Å². The molecule has 25 heavy (non-hydrogen) atoms. The fourth-order valence-corrected chi connectivity index (χ4v) is 3.93. The molecule has 1 saturated carbocycles. The number of hydrogen-bond donors (Lipinski definition) is 0. The van der Waals surface area contributed by atoms with Crippen molar-refractivity contribution in [3.8, 4) is 5.69 Å². The third-order valence-electron chi connectivity index (χ3n) is 5.32. The second-order valence-corrected chi connectivity index (χ2v) is 6.98. The zero-order chi connectivity index (χ0) is 17.0. The predicted molar refractivity (Wildman–Crippen MR) is 94.3 cm³/mol. The lowest BCUT2D eigenvalue weighted by Crippen LogP contribution is -2.34. The molecule has 2 heterocycles. The summed E-state index contributed by atoms with van der Waals surface area (Å²) in [5, 5.41) is 5.42. The largest absolute Gasteiger partial charge is 0.309 e. The molecule has 0 bridgehead atoms. The van der Waals surface area contributed by atoms with E-state index < -0.39 is 0 Å². The zero-order valence-corrected chi connectivity index (χ0v) is 13.7. The van der Waals surface area contributed by atoms with Gasteiger partial charge in [0.2, 0.25) is 5.91 Å². The van der Waals surface area contributed by atoms with Crippen molar-refractivity contribution in [1.82, 2.24) is 9.78 Å². The second-order valence-electron chi connectivity index (χ2n) is 6.98. The van der Waals surface area contributed by atoms with E-state index >= 15 is 0 Å². The number of amides is 1. The number of rotatable bonds is 3. The van der Waals surface area contributed by atoms with Crippen LogP contribution in [0.2, 0.25) is 0 Å². The molecule has 1 aliphatic carbocycles. The van der Waals surface area contributed by atoms with E-state index in [1.54, 1.807) is 23.0 Å². The summed E-state index contributed by atoms with van der Waals surface area (Å²) < 4.78 is 14.9. The molecular weight excluding hydrogens is 317 g/mol. The van der Waals surface area contributed by atoms with Gasteiger partial charge in [0.05, 0.1) is 17.4 Å². The summed E-state index contributed by atoms with van der Waals surface area (Å²) in [5.74, 6) is 0.632. The molecule has 2 aliphatic rings. The first-order valence-electron chi connectivity index (χ1n) is 8.76. The number of fused-ring (bicyclic) bond motifs is 1. The van der Waals surface area contributed by atoms with Gasteiger partial charge in [0.1, 0.15) is 5.82 Å². The van der Waals surface area contributed by atoms with Crippen molar-refractivity contribution in [2.24, 2.45) is 5.92 Å². The number of carbonyl (C=O) groups is 1. The van der Waals surface area contributed by atoms with Gasteiger partial charge in [-0.3, -0.25) is 4.79 Å². The van der Waals surface area contributed by atoms with Crippen molar-refractivity contribution >= 4 is 22.5 Å². The second kappa shape index (κ2) is 5.41. The van der Waals surface area contributed by atoms with Crippen molar-refractivity contribution in [2.45, 2.75) is 31.7 Å². The van der Waals surface area contributed by atoms with E-state index in [-0.39, 0.29) is 11.7 Å². The first-order valence-corrected chi connectivity index (χ1v) is 8.76. The Bertz CT molecular complexity index is 959. The van der Waals surface area contributed by atoms with Gasteiger partial charge in [-0.25, -0.2) is 9.07 Å². The Balaban J connectivity index is 1.54. The van der Waals surface area contributed by atoms with Gasteiger partial charge in [0.15, 0.2) is 0 Å². The first-order chi connectivity index (χ1) is 12.2. The molecule has 1 atom stereocenters. The van der Waals surface area contributed by atoms with Crippen LogP contribution in [0.4, 0.5) is 10.1 Å². The highest BCUT2D eigenvalue weighted by Crippen LogP contribution is 2.42. The first kappa shape index (κ1) is 14.6. The Labute approximate surface area is 144 Å². The molecule has 0 radical (unpaired) electrons. The van der Waals surface area contributed by atoms with Crippen LogP contribution in [0.15, 0.2) is 48.7 Å². The number of aromatic nitrogens is 2. The molecule has 1 unspecified atom stereocenters. The molecule has 5 heteroatoms. The van der Waals surface area contributed by atoms with Gasteiger partial charge in [0, 0.05) is 23.5 Å². The minimum atomic E-state index is -0.263. The van der Waals surface area contributed by atoms with Gasteiger partial charge in [-0.15, -0.1) is 0 Å². The Morgan fingerprint density at radius 3 is 2.52 bits per heavy atom. The third kappa shape index (κ3) is 2.42. The quantitative estimate of drug-likeness (QED) is 0.724.